The maximum absolute atomic E-state index is 12.5. The Hall–Kier alpha value is -2.29. The molecule has 2 aromatic carbocycles. The van der Waals surface area contributed by atoms with Gasteiger partial charge in [0.15, 0.2) is 0 Å². The molecule has 0 radical (unpaired) electrons. The van der Waals surface area contributed by atoms with E-state index >= 15 is 0 Å². The molecule has 2 amide bonds. The Bertz CT molecular complexity index is 1050. The van der Waals surface area contributed by atoms with Gasteiger partial charge >= 0.3 is 0 Å². The van der Waals surface area contributed by atoms with E-state index in [0.29, 0.717) is 0 Å². The van der Waals surface area contributed by atoms with E-state index in [4.69, 9.17) is 23.2 Å². The number of halogens is 2. The number of nitrogens with one attached hydrogen (secondary N) is 3. The highest BCUT2D eigenvalue weighted by atomic mass is 35.5. The van der Waals surface area contributed by atoms with E-state index in [9.17, 15) is 18.0 Å². The first-order valence-electron chi connectivity index (χ1n) is 8.99. The van der Waals surface area contributed by atoms with Crippen LogP contribution in [0.15, 0.2) is 47.4 Å². The Morgan fingerprint density at radius 2 is 1.60 bits per heavy atom. The second-order valence-corrected chi connectivity index (χ2v) is 10.2. The molecular weight excluding hydrogens is 449 g/mol. The molecule has 1 atom stereocenters. The fourth-order valence-corrected chi connectivity index (χ4v) is 4.23. The quantitative estimate of drug-likeness (QED) is 0.595. The van der Waals surface area contributed by atoms with Gasteiger partial charge in [0.05, 0.1) is 5.02 Å². The predicted molar refractivity (Wildman–Crippen MR) is 119 cm³/mol. The van der Waals surface area contributed by atoms with Crippen molar-refractivity contribution in [3.05, 3.63) is 58.1 Å². The van der Waals surface area contributed by atoms with Crippen molar-refractivity contribution in [2.45, 2.75) is 44.2 Å². The SMILES string of the molecule is CC(NC(=O)c1ccc(NS(=O)(=O)c2cc(Cl)ccc2Cl)cc1)C(=O)NC(C)(C)C. The third-order valence-electron chi connectivity index (χ3n) is 3.82. The lowest BCUT2D eigenvalue weighted by atomic mass is 10.1. The van der Waals surface area contributed by atoms with Gasteiger partial charge in [0.25, 0.3) is 15.9 Å². The van der Waals surface area contributed by atoms with Gasteiger partial charge in [0.2, 0.25) is 5.91 Å². The molecule has 162 valence electrons. The summed E-state index contributed by atoms with van der Waals surface area (Å²) in [5.41, 5.74) is 0.0936. The predicted octanol–water partition coefficient (Wildman–Crippen LogP) is 3.83. The molecule has 0 aliphatic rings. The van der Waals surface area contributed by atoms with Crippen LogP contribution in [0.25, 0.3) is 0 Å². The third kappa shape index (κ3) is 6.62. The molecule has 2 aromatic rings. The monoisotopic (exact) mass is 471 g/mol. The van der Waals surface area contributed by atoms with Crippen LogP contribution in [0.5, 0.6) is 0 Å². The van der Waals surface area contributed by atoms with Crippen LogP contribution >= 0.6 is 23.2 Å². The molecule has 0 aliphatic heterocycles. The van der Waals surface area contributed by atoms with Crippen LogP contribution in [0.2, 0.25) is 10.0 Å². The number of anilines is 1. The average molecular weight is 472 g/mol. The Balaban J connectivity index is 2.08. The molecule has 0 spiro atoms. The Morgan fingerprint density at radius 1 is 1.00 bits per heavy atom. The van der Waals surface area contributed by atoms with Crippen LogP contribution in [0, 0.1) is 0 Å². The topological polar surface area (TPSA) is 104 Å². The summed E-state index contributed by atoms with van der Waals surface area (Å²) in [6, 6.07) is 9.15. The van der Waals surface area contributed by atoms with Gasteiger partial charge < -0.3 is 10.6 Å². The van der Waals surface area contributed by atoms with E-state index in [1.807, 2.05) is 20.8 Å². The van der Waals surface area contributed by atoms with Gasteiger partial charge in [0, 0.05) is 21.8 Å². The average Bonchev–Trinajstić information content (AvgIpc) is 2.62. The molecule has 0 aliphatic carbocycles. The van der Waals surface area contributed by atoms with E-state index < -0.39 is 27.5 Å². The summed E-state index contributed by atoms with van der Waals surface area (Å²) in [5.74, 6) is -0.766. The molecule has 0 aromatic heterocycles. The third-order valence-corrected chi connectivity index (χ3v) is 5.92. The zero-order valence-corrected chi connectivity index (χ0v) is 19.2. The van der Waals surface area contributed by atoms with E-state index in [1.54, 1.807) is 6.92 Å². The molecule has 2 rings (SSSR count). The van der Waals surface area contributed by atoms with Crippen LogP contribution in [0.3, 0.4) is 0 Å². The number of hydrogen-bond donors (Lipinski definition) is 3. The van der Waals surface area contributed by atoms with Gasteiger partial charge in [-0.15, -0.1) is 0 Å². The van der Waals surface area contributed by atoms with Gasteiger partial charge in [-0.2, -0.15) is 0 Å². The van der Waals surface area contributed by atoms with Crippen molar-refractivity contribution < 1.29 is 18.0 Å². The summed E-state index contributed by atoms with van der Waals surface area (Å²) in [7, 11) is -3.97. The van der Waals surface area contributed by atoms with Crippen molar-refractivity contribution in [3.8, 4) is 0 Å². The van der Waals surface area contributed by atoms with Crippen molar-refractivity contribution >= 4 is 50.7 Å². The molecule has 0 bridgehead atoms. The zero-order valence-electron chi connectivity index (χ0n) is 16.9. The fraction of sp³-hybridized carbons (Fsp3) is 0.300. The number of benzene rings is 2. The molecule has 7 nitrogen and oxygen atoms in total. The molecule has 3 N–H and O–H groups in total. The van der Waals surface area contributed by atoms with Gasteiger partial charge in [-0.25, -0.2) is 8.42 Å². The lowest BCUT2D eigenvalue weighted by Gasteiger charge is -2.23. The molecule has 0 saturated heterocycles. The van der Waals surface area contributed by atoms with Crippen molar-refractivity contribution in [3.63, 3.8) is 0 Å². The highest BCUT2D eigenvalue weighted by Gasteiger charge is 2.22. The minimum atomic E-state index is -3.97. The number of hydrogen-bond acceptors (Lipinski definition) is 4. The van der Waals surface area contributed by atoms with Crippen molar-refractivity contribution in [2.24, 2.45) is 0 Å². The molecule has 0 heterocycles. The number of amides is 2. The Labute approximate surface area is 186 Å². The second-order valence-electron chi connectivity index (χ2n) is 7.69. The minimum absolute atomic E-state index is 0.0328. The summed E-state index contributed by atoms with van der Waals surface area (Å²) in [4.78, 5) is 24.3. The van der Waals surface area contributed by atoms with Crippen LogP contribution in [-0.2, 0) is 14.8 Å². The summed E-state index contributed by atoms with van der Waals surface area (Å²) in [6.45, 7) is 7.11. The maximum atomic E-state index is 12.5. The molecular formula is C20H23Cl2N3O4S. The van der Waals surface area contributed by atoms with Crippen LogP contribution in [0.4, 0.5) is 5.69 Å². The summed E-state index contributed by atoms with van der Waals surface area (Å²) < 4.78 is 27.5. The smallest absolute Gasteiger partial charge is 0.263 e. The van der Waals surface area contributed by atoms with Crippen molar-refractivity contribution in [1.29, 1.82) is 0 Å². The van der Waals surface area contributed by atoms with Crippen molar-refractivity contribution in [1.82, 2.24) is 10.6 Å². The molecule has 0 saturated carbocycles. The van der Waals surface area contributed by atoms with Crippen LogP contribution < -0.4 is 15.4 Å². The standard InChI is InChI=1S/C20H23Cl2N3O4S/c1-12(18(26)24-20(2,3)4)23-19(27)13-5-8-15(9-6-13)25-30(28,29)17-11-14(21)7-10-16(17)22/h5-12,25H,1-4H3,(H,23,27)(H,24,26). The minimum Gasteiger partial charge on any atom is -0.350 e. The largest absolute Gasteiger partial charge is 0.350 e. The molecule has 1 unspecified atom stereocenters. The number of carbonyl (C=O) groups is 2. The zero-order chi connectivity index (χ0) is 22.7. The summed E-state index contributed by atoms with van der Waals surface area (Å²) in [5, 5.41) is 5.65. The number of sulfonamides is 1. The lowest BCUT2D eigenvalue weighted by molar-refractivity contribution is -0.124. The van der Waals surface area contributed by atoms with Crippen molar-refractivity contribution in [2.75, 3.05) is 4.72 Å². The van der Waals surface area contributed by atoms with Crippen LogP contribution in [-0.4, -0.2) is 31.8 Å². The first-order chi connectivity index (χ1) is 13.8. The molecule has 0 fully saturated rings. The first-order valence-corrected chi connectivity index (χ1v) is 11.2. The summed E-state index contributed by atoms with van der Waals surface area (Å²) >= 11 is 11.8. The van der Waals surface area contributed by atoms with E-state index in [0.717, 1.165) is 0 Å². The molecule has 10 heteroatoms. The van der Waals surface area contributed by atoms with Gasteiger partial charge in [-0.3, -0.25) is 14.3 Å². The van der Waals surface area contributed by atoms with E-state index in [-0.39, 0.29) is 32.1 Å². The lowest BCUT2D eigenvalue weighted by Crippen LogP contribution is -2.50. The van der Waals surface area contributed by atoms with Gasteiger partial charge in [-0.05, 0) is 70.2 Å². The Morgan fingerprint density at radius 3 is 2.17 bits per heavy atom. The highest BCUT2D eigenvalue weighted by Crippen LogP contribution is 2.27. The maximum Gasteiger partial charge on any atom is 0.263 e. The van der Waals surface area contributed by atoms with E-state index in [1.165, 1.54) is 42.5 Å². The van der Waals surface area contributed by atoms with Gasteiger partial charge in [0.1, 0.15) is 10.9 Å². The normalized spacial score (nSPS) is 12.7. The fourth-order valence-electron chi connectivity index (χ4n) is 2.41. The highest BCUT2D eigenvalue weighted by molar-refractivity contribution is 7.92. The Kier molecular flexibility index (Phi) is 7.39. The summed E-state index contributed by atoms with van der Waals surface area (Å²) in [6.07, 6.45) is 0. The van der Waals surface area contributed by atoms with Gasteiger partial charge in [-0.1, -0.05) is 23.2 Å². The second kappa shape index (κ2) is 9.24. The van der Waals surface area contributed by atoms with E-state index in [2.05, 4.69) is 15.4 Å². The first kappa shape index (κ1) is 24.0. The molecule has 30 heavy (non-hydrogen) atoms. The number of carbonyl (C=O) groups excluding carboxylic acids is 2. The van der Waals surface area contributed by atoms with Crippen LogP contribution in [0.1, 0.15) is 38.1 Å². The number of rotatable bonds is 6.